The maximum atomic E-state index is 12.6. The van der Waals surface area contributed by atoms with E-state index >= 15 is 0 Å². The van der Waals surface area contributed by atoms with Gasteiger partial charge in [-0.15, -0.1) is 0 Å². The second kappa shape index (κ2) is 14.0. The molecule has 2 aromatic rings. The number of carbonyl (C=O) groups excluding carboxylic acids is 1. The number of ether oxygens (including phenoxy) is 2. The maximum absolute atomic E-state index is 12.6. The van der Waals surface area contributed by atoms with E-state index in [1.165, 1.54) is 11.1 Å². The number of aliphatic hydroxyl groups excluding tert-OH is 3. The molecule has 0 saturated carbocycles. The number of rotatable bonds is 13. The largest absolute Gasteiger partial charge is 0.481 e. The fourth-order valence-corrected chi connectivity index (χ4v) is 7.84. The molecule has 2 fully saturated rings. The van der Waals surface area contributed by atoms with Crippen LogP contribution in [-0.4, -0.2) is 128 Å². The van der Waals surface area contributed by atoms with Gasteiger partial charge in [-0.05, 0) is 12.6 Å². The number of imidazole rings is 1. The Labute approximate surface area is 269 Å². The van der Waals surface area contributed by atoms with Gasteiger partial charge in [0.15, 0.2) is 23.9 Å². The second-order valence-corrected chi connectivity index (χ2v) is 15.0. The molecule has 11 N–H and O–H groups in total. The number of anilines is 1. The van der Waals surface area contributed by atoms with Crippen molar-refractivity contribution in [1.82, 2.24) is 24.4 Å². The van der Waals surface area contributed by atoms with Crippen molar-refractivity contribution < 1.29 is 80.7 Å². The summed E-state index contributed by atoms with van der Waals surface area (Å²) in [5, 5.41) is 31.6. The van der Waals surface area contributed by atoms with Crippen molar-refractivity contribution in [2.24, 2.45) is 11.7 Å². The molecule has 48 heavy (non-hydrogen) atoms. The number of allylic oxidation sites excluding steroid dienone is 1. The molecule has 0 spiro atoms. The number of carbonyl (C=O) groups is 1. The van der Waals surface area contributed by atoms with E-state index in [0.29, 0.717) is 6.42 Å². The lowest BCUT2D eigenvalue weighted by molar-refractivity contribution is -0.125. The summed E-state index contributed by atoms with van der Waals surface area (Å²) in [4.78, 5) is 63.7. The van der Waals surface area contributed by atoms with Gasteiger partial charge in [-0.2, -0.15) is 4.31 Å². The molecule has 0 bridgehead atoms. The number of nitrogens with two attached hydrogens (primary N) is 2. The molecule has 24 nitrogen and oxygen atoms in total. The minimum Gasteiger partial charge on any atom is -0.387 e. The third kappa shape index (κ3) is 8.28. The van der Waals surface area contributed by atoms with Gasteiger partial charge < -0.3 is 60.7 Å². The fraction of sp³-hybridized carbons (Fsp3) is 0.619. The predicted octanol–water partition coefficient (Wildman–Crippen LogP) is -2.84. The van der Waals surface area contributed by atoms with Gasteiger partial charge in [0.25, 0.3) is 0 Å². The lowest BCUT2D eigenvalue weighted by Crippen LogP contribution is -2.46. The Kier molecular flexibility index (Phi) is 10.8. The average Bonchev–Trinajstić information content (AvgIpc) is 3.64. The van der Waals surface area contributed by atoms with Gasteiger partial charge in [-0.1, -0.05) is 6.08 Å². The molecule has 2 unspecified atom stereocenters. The molecule has 2 aromatic heterocycles. The van der Waals surface area contributed by atoms with Crippen LogP contribution in [0.25, 0.3) is 11.2 Å². The topological polar surface area (TPSA) is 364 Å². The van der Waals surface area contributed by atoms with Crippen LogP contribution >= 0.6 is 23.5 Å². The number of aromatic nitrogens is 4. The highest BCUT2D eigenvalue weighted by molar-refractivity contribution is 7.61. The van der Waals surface area contributed by atoms with Crippen LogP contribution in [0, 0.1) is 5.92 Å². The third-order valence-electron chi connectivity index (χ3n) is 7.46. The Morgan fingerprint density at radius 2 is 1.56 bits per heavy atom. The maximum Gasteiger partial charge on any atom is 0.481 e. The van der Waals surface area contributed by atoms with Gasteiger partial charge in [0.1, 0.15) is 48.5 Å². The van der Waals surface area contributed by atoms with Crippen LogP contribution in [0.4, 0.5) is 5.82 Å². The molecule has 0 aliphatic carbocycles. The number of primary amides is 1. The minimum atomic E-state index is -5.51. The number of phosphoric ester groups is 3. The zero-order chi connectivity index (χ0) is 35.2. The molecule has 2 saturated heterocycles. The van der Waals surface area contributed by atoms with Gasteiger partial charge in [-0.3, -0.25) is 22.9 Å². The normalized spacial score (nSPS) is 33.6. The van der Waals surface area contributed by atoms with E-state index in [1.54, 1.807) is 6.08 Å². The highest BCUT2D eigenvalue weighted by Gasteiger charge is 2.51. The van der Waals surface area contributed by atoms with Gasteiger partial charge >= 0.3 is 23.5 Å². The SMILES string of the molecule is NC(=O)[C@@H]1CC=CN([C@@H]2O[C@H](COP(=O)(O)OP(=O)(O)OC[C@H]3O[C@@H](n4cnc5c(N)ncnc54)[C@H](OP(=O)(O)O)[C@@H]3O)[C@@H](O)[C@H]2O)C1. The first-order chi connectivity index (χ1) is 22.4. The molecule has 5 rings (SSSR count). The van der Waals surface area contributed by atoms with Crippen molar-refractivity contribution >= 4 is 46.4 Å². The summed E-state index contributed by atoms with van der Waals surface area (Å²) in [6, 6.07) is 0. The summed E-state index contributed by atoms with van der Waals surface area (Å²) < 4.78 is 67.3. The van der Waals surface area contributed by atoms with E-state index < -0.39 is 97.6 Å². The monoisotopic (exact) mass is 747 g/mol. The number of phosphoric acid groups is 3. The first-order valence-electron chi connectivity index (χ1n) is 13.8. The first kappa shape index (κ1) is 36.8. The Hall–Kier alpha value is -2.47. The van der Waals surface area contributed by atoms with Gasteiger partial charge in [0.2, 0.25) is 5.91 Å². The van der Waals surface area contributed by atoms with Crippen LogP contribution in [0.3, 0.4) is 0 Å². The second-order valence-electron chi connectivity index (χ2n) is 10.8. The lowest BCUT2D eigenvalue weighted by Gasteiger charge is -2.34. The fourth-order valence-electron chi connectivity index (χ4n) is 5.21. The molecule has 268 valence electrons. The Morgan fingerprint density at radius 1 is 0.938 bits per heavy atom. The summed E-state index contributed by atoms with van der Waals surface area (Å²) in [7, 11) is -16.2. The smallest absolute Gasteiger partial charge is 0.387 e. The molecular formula is C21H32N7O17P3. The van der Waals surface area contributed by atoms with E-state index in [2.05, 4.69) is 19.3 Å². The van der Waals surface area contributed by atoms with Crippen molar-refractivity contribution in [2.75, 3.05) is 25.5 Å². The summed E-state index contributed by atoms with van der Waals surface area (Å²) in [5.41, 5.74) is 11.2. The third-order valence-corrected chi connectivity index (χ3v) is 10.6. The summed E-state index contributed by atoms with van der Waals surface area (Å²) in [6.45, 7) is -1.95. The quantitative estimate of drug-likeness (QED) is 0.0932. The zero-order valence-electron chi connectivity index (χ0n) is 24.3. The number of nitrogens with zero attached hydrogens (tertiary/aromatic N) is 5. The molecule has 3 aliphatic rings. The Bertz CT molecular complexity index is 1680. The number of aliphatic hydroxyl groups is 3. The van der Waals surface area contributed by atoms with Crippen molar-refractivity contribution in [3.8, 4) is 0 Å². The van der Waals surface area contributed by atoms with Crippen molar-refractivity contribution in [1.29, 1.82) is 0 Å². The summed E-state index contributed by atoms with van der Waals surface area (Å²) in [5.74, 6) is -1.25. The molecule has 0 aromatic carbocycles. The van der Waals surface area contributed by atoms with E-state index in [0.717, 1.165) is 17.2 Å². The molecule has 1 amide bonds. The van der Waals surface area contributed by atoms with Gasteiger partial charge in [0.05, 0.1) is 25.5 Å². The summed E-state index contributed by atoms with van der Waals surface area (Å²) in [6.07, 6.45) is -7.26. The lowest BCUT2D eigenvalue weighted by atomic mass is 10.0. The molecule has 27 heteroatoms. The molecule has 11 atom stereocenters. The summed E-state index contributed by atoms with van der Waals surface area (Å²) >= 11 is 0. The van der Waals surface area contributed by atoms with Gasteiger partial charge in [0, 0.05) is 6.54 Å². The van der Waals surface area contributed by atoms with E-state index in [9.17, 15) is 53.4 Å². The molecule has 0 radical (unpaired) electrons. The number of fused-ring (bicyclic) bond motifs is 1. The van der Waals surface area contributed by atoms with E-state index in [4.69, 9.17) is 34.5 Å². The average molecular weight is 747 g/mol. The highest BCUT2D eigenvalue weighted by Crippen LogP contribution is 2.61. The van der Waals surface area contributed by atoms with Crippen LogP contribution in [-0.2, 0) is 45.8 Å². The van der Waals surface area contributed by atoms with Crippen molar-refractivity contribution in [3.05, 3.63) is 24.9 Å². The van der Waals surface area contributed by atoms with Crippen molar-refractivity contribution in [3.63, 3.8) is 0 Å². The van der Waals surface area contributed by atoms with Crippen LogP contribution in [0.1, 0.15) is 12.6 Å². The van der Waals surface area contributed by atoms with Crippen molar-refractivity contribution in [2.45, 2.75) is 55.5 Å². The Morgan fingerprint density at radius 3 is 2.19 bits per heavy atom. The van der Waals surface area contributed by atoms with Gasteiger partial charge in [-0.25, -0.2) is 28.6 Å². The molecule has 3 aliphatic heterocycles. The zero-order valence-corrected chi connectivity index (χ0v) is 27.0. The number of amides is 1. The van der Waals surface area contributed by atoms with Crippen LogP contribution in [0.15, 0.2) is 24.9 Å². The van der Waals surface area contributed by atoms with Crippen LogP contribution < -0.4 is 11.5 Å². The molecular weight excluding hydrogens is 715 g/mol. The molecule has 5 heterocycles. The minimum absolute atomic E-state index is 0.00700. The standard InChI is InChI=1S/C21H32N7O17P3/c22-17-12-19(25-7-24-17)28(8-26-12)21-16(44-46(33,34)35)14(30)11(43-21)6-41-48(38,39)45-47(36,37)40-5-10-13(29)15(31)20(42-10)27-3-1-2-9(4-27)18(23)32/h1,3,7-11,13-16,20-21,29-31H,2,4-6H2,(H2,23,32)(H,36,37)(H,38,39)(H2,22,24,25)(H2,33,34,35)/t9-,10-,11-,13-,14-,15-,16-,20-,21-/m1/s1. The number of hydrogen-bond acceptors (Lipinski definition) is 18. The number of hydrogen-bond donors (Lipinski definition) is 9. The predicted molar refractivity (Wildman–Crippen MR) is 153 cm³/mol. The van der Waals surface area contributed by atoms with E-state index in [1.807, 2.05) is 0 Å². The Balaban J connectivity index is 1.19. The van der Waals surface area contributed by atoms with Crippen LogP contribution in [0.2, 0.25) is 0 Å². The van der Waals surface area contributed by atoms with Crippen LogP contribution in [0.5, 0.6) is 0 Å². The number of nitrogen functional groups attached to an aromatic ring is 1. The van der Waals surface area contributed by atoms with E-state index in [-0.39, 0.29) is 23.5 Å². The highest BCUT2D eigenvalue weighted by atomic mass is 31.3. The first-order valence-corrected chi connectivity index (χ1v) is 18.3.